The van der Waals surface area contributed by atoms with Crippen LogP contribution < -0.4 is 0 Å². The molecule has 2 aromatic rings. The number of nitrogens with zero attached hydrogens (tertiary/aromatic N) is 3. The largest absolute Gasteiger partial charge is 0.480 e. The van der Waals surface area contributed by atoms with Gasteiger partial charge in [-0.3, -0.25) is 4.79 Å². The Hall–Kier alpha value is -2.77. The fourth-order valence-corrected chi connectivity index (χ4v) is 4.03. The van der Waals surface area contributed by atoms with Gasteiger partial charge in [-0.25, -0.2) is 18.3 Å². The maximum absolute atomic E-state index is 14.3. The molecule has 1 atom stereocenters. The Balaban J connectivity index is 1.77. The number of hydrogen-bond acceptors (Lipinski definition) is 3. The van der Waals surface area contributed by atoms with Crippen LogP contribution in [0.1, 0.15) is 47.4 Å². The van der Waals surface area contributed by atoms with Crippen LogP contribution in [0.4, 0.5) is 8.78 Å². The molecular formula is C19H19F2N3O3. The lowest BCUT2D eigenvalue weighted by atomic mass is 10.0. The topological polar surface area (TPSA) is 75.4 Å². The van der Waals surface area contributed by atoms with E-state index in [0.29, 0.717) is 37.1 Å². The number of halogens is 2. The fourth-order valence-electron chi connectivity index (χ4n) is 4.03. The minimum Gasteiger partial charge on any atom is -0.480 e. The number of carboxylic acids is 1. The third-order valence-electron chi connectivity index (χ3n) is 5.34. The molecule has 1 saturated heterocycles. The van der Waals surface area contributed by atoms with Crippen LogP contribution in [0, 0.1) is 11.6 Å². The molecule has 0 saturated carbocycles. The minimum atomic E-state index is -1.03. The highest BCUT2D eigenvalue weighted by atomic mass is 19.2. The monoisotopic (exact) mass is 375 g/mol. The maximum atomic E-state index is 14.3. The van der Waals surface area contributed by atoms with Crippen molar-refractivity contribution < 1.29 is 23.5 Å². The van der Waals surface area contributed by atoms with E-state index in [2.05, 4.69) is 5.10 Å². The van der Waals surface area contributed by atoms with E-state index in [1.807, 2.05) is 0 Å². The van der Waals surface area contributed by atoms with Gasteiger partial charge in [-0.2, -0.15) is 5.10 Å². The first-order chi connectivity index (χ1) is 13.0. The molecule has 1 aliphatic carbocycles. The number of likely N-dealkylation sites (tertiary alicyclic amines) is 1. The van der Waals surface area contributed by atoms with Crippen LogP contribution in [0.25, 0.3) is 5.69 Å². The van der Waals surface area contributed by atoms with Gasteiger partial charge in [0, 0.05) is 17.8 Å². The number of aliphatic carboxylic acids is 1. The van der Waals surface area contributed by atoms with Crippen LogP contribution in [-0.4, -0.2) is 44.3 Å². The summed E-state index contributed by atoms with van der Waals surface area (Å²) in [5, 5.41) is 13.7. The van der Waals surface area contributed by atoms with Crippen LogP contribution in [0.15, 0.2) is 18.2 Å². The summed E-state index contributed by atoms with van der Waals surface area (Å²) in [5.74, 6) is -3.48. The zero-order chi connectivity index (χ0) is 19.1. The Kier molecular flexibility index (Phi) is 4.41. The molecule has 1 aromatic heterocycles. The van der Waals surface area contributed by atoms with Crippen LogP contribution >= 0.6 is 0 Å². The Morgan fingerprint density at radius 1 is 1.15 bits per heavy atom. The average molecular weight is 375 g/mol. The second-order valence-corrected chi connectivity index (χ2v) is 6.96. The smallest absolute Gasteiger partial charge is 0.326 e. The predicted molar refractivity (Wildman–Crippen MR) is 91.8 cm³/mol. The molecule has 1 unspecified atom stereocenters. The number of fused-ring (bicyclic) bond motifs is 1. The zero-order valence-electron chi connectivity index (χ0n) is 14.6. The molecule has 0 radical (unpaired) electrons. The summed E-state index contributed by atoms with van der Waals surface area (Å²) < 4.78 is 29.2. The quantitative estimate of drug-likeness (QED) is 0.895. The minimum absolute atomic E-state index is 0.0411. The van der Waals surface area contributed by atoms with E-state index in [4.69, 9.17) is 0 Å². The second-order valence-electron chi connectivity index (χ2n) is 6.96. The van der Waals surface area contributed by atoms with Gasteiger partial charge in [0.2, 0.25) is 0 Å². The van der Waals surface area contributed by atoms with Gasteiger partial charge in [-0.1, -0.05) is 6.07 Å². The number of carboxylic acid groups (broad SMARTS) is 1. The molecule has 27 heavy (non-hydrogen) atoms. The third-order valence-corrected chi connectivity index (χ3v) is 5.34. The zero-order valence-corrected chi connectivity index (χ0v) is 14.6. The van der Waals surface area contributed by atoms with Crippen LogP contribution in [0.3, 0.4) is 0 Å². The first-order valence-electron chi connectivity index (χ1n) is 9.08. The number of aromatic nitrogens is 2. The molecule has 2 aliphatic rings. The summed E-state index contributed by atoms with van der Waals surface area (Å²) >= 11 is 0. The molecule has 1 amide bonds. The maximum Gasteiger partial charge on any atom is 0.326 e. The molecule has 1 aliphatic heterocycles. The van der Waals surface area contributed by atoms with E-state index in [0.717, 1.165) is 25.3 Å². The molecule has 1 fully saturated rings. The number of carbonyl (C=O) groups is 2. The number of carbonyl (C=O) groups excluding carboxylic acids is 1. The molecular weight excluding hydrogens is 356 g/mol. The summed E-state index contributed by atoms with van der Waals surface area (Å²) in [5.41, 5.74) is 1.50. The highest BCUT2D eigenvalue weighted by molar-refractivity contribution is 5.96. The summed E-state index contributed by atoms with van der Waals surface area (Å²) in [7, 11) is 0. The van der Waals surface area contributed by atoms with Crippen molar-refractivity contribution >= 4 is 11.9 Å². The van der Waals surface area contributed by atoms with Crippen molar-refractivity contribution in [2.24, 2.45) is 0 Å². The third kappa shape index (κ3) is 2.89. The van der Waals surface area contributed by atoms with Crippen LogP contribution in [0.5, 0.6) is 0 Å². The summed E-state index contributed by atoms with van der Waals surface area (Å²) in [6.45, 7) is 0.353. The van der Waals surface area contributed by atoms with Crippen molar-refractivity contribution in [3.8, 4) is 5.69 Å². The van der Waals surface area contributed by atoms with E-state index >= 15 is 0 Å². The van der Waals surface area contributed by atoms with Crippen molar-refractivity contribution in [2.75, 3.05) is 6.54 Å². The fraction of sp³-hybridized carbons (Fsp3) is 0.421. The number of amides is 1. The van der Waals surface area contributed by atoms with Crippen molar-refractivity contribution in [1.29, 1.82) is 0 Å². The molecule has 8 heteroatoms. The van der Waals surface area contributed by atoms with Crippen LogP contribution in [-0.2, 0) is 17.6 Å². The summed E-state index contributed by atoms with van der Waals surface area (Å²) in [6.07, 6.45) is 3.89. The van der Waals surface area contributed by atoms with Gasteiger partial charge in [-0.05, 0) is 50.7 Å². The normalized spacial score (nSPS) is 19.2. The molecule has 2 heterocycles. The van der Waals surface area contributed by atoms with Crippen molar-refractivity contribution in [3.63, 3.8) is 0 Å². The molecule has 142 valence electrons. The summed E-state index contributed by atoms with van der Waals surface area (Å²) in [6, 6.07) is 2.96. The number of hydrogen-bond donors (Lipinski definition) is 1. The van der Waals surface area contributed by atoms with E-state index in [-0.39, 0.29) is 11.4 Å². The van der Waals surface area contributed by atoms with E-state index < -0.39 is 29.6 Å². The Bertz CT molecular complexity index is 925. The molecule has 1 N–H and O–H groups in total. The number of rotatable bonds is 3. The van der Waals surface area contributed by atoms with Crippen molar-refractivity contribution in [3.05, 3.63) is 46.8 Å². The number of benzene rings is 1. The second kappa shape index (κ2) is 6.75. The van der Waals surface area contributed by atoms with Gasteiger partial charge in [0.1, 0.15) is 11.7 Å². The van der Waals surface area contributed by atoms with Crippen molar-refractivity contribution in [1.82, 2.24) is 14.7 Å². The predicted octanol–water partition coefficient (Wildman–Crippen LogP) is 2.72. The highest BCUT2D eigenvalue weighted by Gasteiger charge is 2.36. The first-order valence-corrected chi connectivity index (χ1v) is 9.08. The van der Waals surface area contributed by atoms with Gasteiger partial charge < -0.3 is 10.0 Å². The van der Waals surface area contributed by atoms with E-state index in [1.54, 1.807) is 0 Å². The lowest BCUT2D eigenvalue weighted by molar-refractivity contribution is -0.143. The van der Waals surface area contributed by atoms with Crippen LogP contribution in [0.2, 0.25) is 0 Å². The number of piperidine rings is 1. The average Bonchev–Trinajstić information content (AvgIpc) is 3.26. The summed E-state index contributed by atoms with van der Waals surface area (Å²) in [4.78, 5) is 26.0. The van der Waals surface area contributed by atoms with Gasteiger partial charge in [0.15, 0.2) is 17.3 Å². The Morgan fingerprint density at radius 2 is 1.96 bits per heavy atom. The van der Waals surface area contributed by atoms with E-state index in [9.17, 15) is 23.5 Å². The molecule has 6 nitrogen and oxygen atoms in total. The Labute approximate surface area is 154 Å². The van der Waals surface area contributed by atoms with Gasteiger partial charge in [0.25, 0.3) is 5.91 Å². The molecule has 0 bridgehead atoms. The van der Waals surface area contributed by atoms with E-state index in [1.165, 1.54) is 21.7 Å². The molecule has 4 rings (SSSR count). The highest BCUT2D eigenvalue weighted by Crippen LogP contribution is 2.31. The van der Waals surface area contributed by atoms with Gasteiger partial charge >= 0.3 is 5.97 Å². The molecule has 0 spiro atoms. The first kappa shape index (κ1) is 17.6. The lowest BCUT2D eigenvalue weighted by Gasteiger charge is -2.32. The molecule has 1 aromatic carbocycles. The van der Waals surface area contributed by atoms with Gasteiger partial charge in [-0.15, -0.1) is 0 Å². The lowest BCUT2D eigenvalue weighted by Crippen LogP contribution is -2.48. The Morgan fingerprint density at radius 3 is 2.74 bits per heavy atom. The standard InChI is InChI=1S/C19H19F2N3O3/c20-12-6-4-9-14(16(12)21)24-13-8-3-5-11(13)17(22-24)18(25)23-10-2-1-7-15(23)19(26)27/h4,6,9,15H,1-3,5,7-8,10H2,(H,26,27). The van der Waals surface area contributed by atoms with Crippen molar-refractivity contribution in [2.45, 2.75) is 44.6 Å². The van der Waals surface area contributed by atoms with Gasteiger partial charge in [0.05, 0.1) is 0 Å². The SMILES string of the molecule is O=C(O)C1CCCCN1C(=O)c1nn(-c2cccc(F)c2F)c2c1CCC2.